The highest BCUT2D eigenvalue weighted by Gasteiger charge is 2.40. The molecule has 0 saturated heterocycles. The molecule has 1 aliphatic heterocycles. The molecule has 2 N–H and O–H groups in total. The molecule has 0 atom stereocenters. The van der Waals surface area contributed by atoms with Crippen LogP contribution in [-0.2, 0) is 0 Å². The number of urea groups is 1. The lowest BCUT2D eigenvalue weighted by Gasteiger charge is -2.29. The minimum atomic E-state index is -0.415. The predicted octanol–water partition coefficient (Wildman–Crippen LogP) is 6.41. The highest BCUT2D eigenvalue weighted by Crippen LogP contribution is 2.34. The molecule has 1 aliphatic carbocycles. The van der Waals surface area contributed by atoms with Crippen LogP contribution in [0, 0.1) is 0 Å². The fourth-order valence-electron chi connectivity index (χ4n) is 4.57. The van der Waals surface area contributed by atoms with Crippen LogP contribution in [0.25, 0.3) is 0 Å². The summed E-state index contributed by atoms with van der Waals surface area (Å²) >= 11 is 1.56. The largest absolute Gasteiger partial charge is 0.323 e. The summed E-state index contributed by atoms with van der Waals surface area (Å²) in [5, 5.41) is 5.69. The van der Waals surface area contributed by atoms with Crippen molar-refractivity contribution < 1.29 is 14.4 Å². The molecule has 3 aromatic carbocycles. The molecule has 0 unspecified atom stereocenters. The van der Waals surface area contributed by atoms with Gasteiger partial charge in [-0.3, -0.25) is 14.5 Å². The Labute approximate surface area is 202 Å². The number of hydrogen-bond donors (Lipinski definition) is 2. The van der Waals surface area contributed by atoms with Crippen LogP contribution in [0.3, 0.4) is 0 Å². The molecule has 2 aliphatic rings. The van der Waals surface area contributed by atoms with E-state index in [1.54, 1.807) is 30.0 Å². The van der Waals surface area contributed by atoms with E-state index in [-0.39, 0.29) is 17.9 Å². The predicted molar refractivity (Wildman–Crippen MR) is 133 cm³/mol. The number of carbonyl (C=O) groups excluding carboxylic acids is 3. The third-order valence-corrected chi connectivity index (χ3v) is 7.31. The number of anilines is 2. The number of benzene rings is 3. The number of rotatable bonds is 5. The Morgan fingerprint density at radius 1 is 0.794 bits per heavy atom. The van der Waals surface area contributed by atoms with Gasteiger partial charge in [0.25, 0.3) is 11.8 Å². The first-order valence-electron chi connectivity index (χ1n) is 11.5. The van der Waals surface area contributed by atoms with Gasteiger partial charge in [0.15, 0.2) is 0 Å². The van der Waals surface area contributed by atoms with Gasteiger partial charge in [0.1, 0.15) is 0 Å². The Kier molecular flexibility index (Phi) is 6.36. The van der Waals surface area contributed by atoms with E-state index in [1.165, 1.54) is 4.90 Å². The molecular weight excluding hydrogens is 446 g/mol. The van der Waals surface area contributed by atoms with Crippen molar-refractivity contribution in [2.75, 3.05) is 10.6 Å². The van der Waals surface area contributed by atoms with Gasteiger partial charge in [-0.05, 0) is 55.3 Å². The highest BCUT2D eigenvalue weighted by molar-refractivity contribution is 7.99. The third-order valence-electron chi connectivity index (χ3n) is 6.22. The van der Waals surface area contributed by atoms with Gasteiger partial charge >= 0.3 is 6.03 Å². The second-order valence-corrected chi connectivity index (χ2v) is 9.64. The van der Waals surface area contributed by atoms with E-state index >= 15 is 0 Å². The topological polar surface area (TPSA) is 78.5 Å². The van der Waals surface area contributed by atoms with Crippen molar-refractivity contribution in [2.24, 2.45) is 0 Å². The maximum Gasteiger partial charge on any atom is 0.323 e. The average molecular weight is 472 g/mol. The summed E-state index contributed by atoms with van der Waals surface area (Å²) in [7, 11) is 0. The number of nitrogens with zero attached hydrogens (tertiary/aromatic N) is 1. The minimum Gasteiger partial charge on any atom is -0.308 e. The Balaban J connectivity index is 1.29. The van der Waals surface area contributed by atoms with Gasteiger partial charge in [0, 0.05) is 21.5 Å². The van der Waals surface area contributed by atoms with Crippen molar-refractivity contribution in [3.05, 3.63) is 83.9 Å². The molecule has 3 aromatic rings. The third kappa shape index (κ3) is 4.56. The van der Waals surface area contributed by atoms with Crippen LogP contribution < -0.4 is 10.6 Å². The second kappa shape index (κ2) is 9.73. The van der Waals surface area contributed by atoms with Crippen LogP contribution in [0.2, 0.25) is 0 Å². The van der Waals surface area contributed by atoms with E-state index in [0.717, 1.165) is 41.9 Å². The van der Waals surface area contributed by atoms with Crippen LogP contribution in [-0.4, -0.2) is 28.8 Å². The molecule has 34 heavy (non-hydrogen) atoms. The van der Waals surface area contributed by atoms with Gasteiger partial charge in [0.2, 0.25) is 0 Å². The fourth-order valence-corrected chi connectivity index (χ4v) is 5.49. The summed E-state index contributed by atoms with van der Waals surface area (Å²) in [5.41, 5.74) is 1.92. The second-order valence-electron chi connectivity index (χ2n) is 8.52. The molecule has 1 saturated carbocycles. The molecule has 172 valence electrons. The van der Waals surface area contributed by atoms with Crippen LogP contribution in [0.1, 0.15) is 52.8 Å². The Morgan fingerprint density at radius 2 is 1.50 bits per heavy atom. The monoisotopic (exact) mass is 471 g/mol. The molecule has 1 heterocycles. The number of carbonyl (C=O) groups is 3. The van der Waals surface area contributed by atoms with Crippen LogP contribution in [0.4, 0.5) is 16.2 Å². The zero-order valence-corrected chi connectivity index (χ0v) is 19.4. The lowest BCUT2D eigenvalue weighted by atomic mass is 9.94. The van der Waals surface area contributed by atoms with Crippen LogP contribution in [0.5, 0.6) is 0 Å². The zero-order valence-electron chi connectivity index (χ0n) is 18.6. The van der Waals surface area contributed by atoms with Gasteiger partial charge in [-0.15, -0.1) is 0 Å². The summed E-state index contributed by atoms with van der Waals surface area (Å²) in [6.45, 7) is 0. The lowest BCUT2D eigenvalue weighted by molar-refractivity contribution is 0.0549. The summed E-state index contributed by atoms with van der Waals surface area (Å²) < 4.78 is 0. The zero-order chi connectivity index (χ0) is 23.5. The van der Waals surface area contributed by atoms with E-state index in [4.69, 9.17) is 0 Å². The van der Waals surface area contributed by atoms with E-state index in [1.807, 2.05) is 54.6 Å². The molecule has 0 bridgehead atoms. The van der Waals surface area contributed by atoms with Gasteiger partial charge < -0.3 is 10.6 Å². The first-order valence-corrected chi connectivity index (χ1v) is 12.3. The number of hydrogen-bond acceptors (Lipinski definition) is 4. The van der Waals surface area contributed by atoms with Crippen molar-refractivity contribution in [1.82, 2.24) is 4.90 Å². The Bertz CT molecular complexity index is 1240. The SMILES string of the molecule is O=C(Nc1ccc2c(c1)C(=O)N(C1CCCCC1)C2=O)Nc1ccccc1Sc1ccccc1. The molecule has 4 amide bonds. The minimum absolute atomic E-state index is 0.0283. The summed E-state index contributed by atoms with van der Waals surface area (Å²) in [6, 6.07) is 22.0. The molecule has 6 nitrogen and oxygen atoms in total. The van der Waals surface area contributed by atoms with E-state index in [9.17, 15) is 14.4 Å². The smallest absolute Gasteiger partial charge is 0.308 e. The summed E-state index contributed by atoms with van der Waals surface area (Å²) in [4.78, 5) is 42.1. The molecule has 0 spiro atoms. The molecule has 0 radical (unpaired) electrons. The molecule has 7 heteroatoms. The average Bonchev–Trinajstić information content (AvgIpc) is 3.11. The first kappa shape index (κ1) is 22.2. The van der Waals surface area contributed by atoms with E-state index in [0.29, 0.717) is 22.5 Å². The number of para-hydroxylation sites is 1. The van der Waals surface area contributed by atoms with Gasteiger partial charge in [-0.2, -0.15) is 0 Å². The van der Waals surface area contributed by atoms with Crippen molar-refractivity contribution in [3.63, 3.8) is 0 Å². The van der Waals surface area contributed by atoms with E-state index < -0.39 is 6.03 Å². The number of fused-ring (bicyclic) bond motifs is 1. The number of imide groups is 1. The van der Waals surface area contributed by atoms with Gasteiger partial charge in [-0.1, -0.05) is 61.4 Å². The van der Waals surface area contributed by atoms with Crippen molar-refractivity contribution in [2.45, 2.75) is 47.9 Å². The van der Waals surface area contributed by atoms with Gasteiger partial charge in [0.05, 0.1) is 16.8 Å². The van der Waals surface area contributed by atoms with Crippen molar-refractivity contribution in [3.8, 4) is 0 Å². The first-order chi connectivity index (χ1) is 16.6. The number of amides is 4. The molecule has 0 aromatic heterocycles. The van der Waals surface area contributed by atoms with E-state index in [2.05, 4.69) is 10.6 Å². The molecule has 5 rings (SSSR count). The van der Waals surface area contributed by atoms with Crippen LogP contribution in [0.15, 0.2) is 82.6 Å². The normalized spacial score (nSPS) is 15.8. The summed E-state index contributed by atoms with van der Waals surface area (Å²) in [6.07, 6.45) is 4.94. The highest BCUT2D eigenvalue weighted by atomic mass is 32.2. The maximum absolute atomic E-state index is 13.0. The Hall–Kier alpha value is -3.58. The Morgan fingerprint density at radius 3 is 2.29 bits per heavy atom. The molecular formula is C27H25N3O3S. The maximum atomic E-state index is 13.0. The summed E-state index contributed by atoms with van der Waals surface area (Å²) in [5.74, 6) is -0.490. The molecule has 1 fully saturated rings. The quantitative estimate of drug-likeness (QED) is 0.422. The fraction of sp³-hybridized carbons (Fsp3) is 0.222. The number of nitrogens with one attached hydrogen (secondary N) is 2. The van der Waals surface area contributed by atoms with Crippen molar-refractivity contribution in [1.29, 1.82) is 0 Å². The van der Waals surface area contributed by atoms with Crippen LogP contribution >= 0.6 is 11.8 Å². The lowest BCUT2D eigenvalue weighted by Crippen LogP contribution is -2.40. The van der Waals surface area contributed by atoms with Crippen molar-refractivity contribution >= 4 is 41.0 Å². The standard InChI is InChI=1S/C27H25N3O3S/c31-25-21-16-15-18(17-22(21)26(32)30(25)19-9-3-1-4-10-19)28-27(33)29-23-13-7-8-14-24(23)34-20-11-5-2-6-12-20/h2,5-8,11-17,19H,1,3-4,9-10H2,(H2,28,29,33). The van der Waals surface area contributed by atoms with Gasteiger partial charge in [-0.25, -0.2) is 4.79 Å².